The molecule has 13 heavy (non-hydrogen) atoms. The third-order valence-electron chi connectivity index (χ3n) is 0.997. The molecule has 82 valence electrons. The predicted molar refractivity (Wildman–Crippen MR) is 84.0 cm³/mol. The molecule has 1 aromatic carbocycles. The zero-order valence-corrected chi connectivity index (χ0v) is 13.7. The van der Waals surface area contributed by atoms with E-state index in [-0.39, 0.29) is 75.4 Å². The van der Waals surface area contributed by atoms with E-state index in [4.69, 9.17) is 11.6 Å². The van der Waals surface area contributed by atoms with Crippen molar-refractivity contribution in [3.8, 4) is 0 Å². The van der Waals surface area contributed by atoms with E-state index in [1.165, 1.54) is 5.56 Å². The minimum atomic E-state index is 0. The van der Waals surface area contributed by atoms with Crippen LogP contribution in [-0.4, -0.2) is 0 Å². The number of benzene rings is 1. The van der Waals surface area contributed by atoms with Crippen LogP contribution in [0.15, 0.2) is 30.3 Å². The van der Waals surface area contributed by atoms with Crippen LogP contribution < -0.4 is 0 Å². The standard InChI is InChI=1S/C7H7Cl.CH4.4BrH/c8-6-7-4-2-1-3-5-7;;;;;/h1-5H,6H2;1H4;4*1H. The SMILES string of the molecule is Br.Br.Br.Br.C.ClCc1ccccc1. The first-order chi connectivity index (χ1) is 3.93. The molecule has 0 nitrogen and oxygen atoms in total. The van der Waals surface area contributed by atoms with E-state index in [1.54, 1.807) is 0 Å². The van der Waals surface area contributed by atoms with Gasteiger partial charge in [-0.15, -0.1) is 79.5 Å². The zero-order valence-electron chi connectivity index (χ0n) is 6.10. The highest BCUT2D eigenvalue weighted by Gasteiger charge is 1.81. The summed E-state index contributed by atoms with van der Waals surface area (Å²) in [5.74, 6) is 0.612. The van der Waals surface area contributed by atoms with Gasteiger partial charge in [0.25, 0.3) is 0 Å². The van der Waals surface area contributed by atoms with Gasteiger partial charge in [0.05, 0.1) is 0 Å². The van der Waals surface area contributed by atoms with Gasteiger partial charge in [0.1, 0.15) is 0 Å². The van der Waals surface area contributed by atoms with Crippen LogP contribution in [0.5, 0.6) is 0 Å². The molecule has 0 spiro atoms. The molecule has 0 radical (unpaired) electrons. The van der Waals surface area contributed by atoms with Crippen molar-refractivity contribution in [3.05, 3.63) is 35.9 Å². The van der Waals surface area contributed by atoms with Gasteiger partial charge < -0.3 is 0 Å². The maximum atomic E-state index is 5.53. The molecule has 1 aromatic rings. The molecule has 0 aliphatic heterocycles. The van der Waals surface area contributed by atoms with Crippen LogP contribution in [0.25, 0.3) is 0 Å². The largest absolute Gasteiger partial charge is 0.122 e. The summed E-state index contributed by atoms with van der Waals surface area (Å²) in [6, 6.07) is 9.96. The molecule has 0 unspecified atom stereocenters. The molecule has 0 heterocycles. The minimum absolute atomic E-state index is 0. The Morgan fingerprint density at radius 1 is 0.846 bits per heavy atom. The van der Waals surface area contributed by atoms with Crippen molar-refractivity contribution in [2.75, 3.05) is 0 Å². The van der Waals surface area contributed by atoms with Crippen LogP contribution in [0.2, 0.25) is 0 Å². The molecule has 0 fully saturated rings. The van der Waals surface area contributed by atoms with E-state index < -0.39 is 0 Å². The van der Waals surface area contributed by atoms with Gasteiger partial charge in [-0.1, -0.05) is 37.8 Å². The van der Waals surface area contributed by atoms with Crippen molar-refractivity contribution >= 4 is 79.5 Å². The highest BCUT2D eigenvalue weighted by molar-refractivity contribution is 8.93. The Bertz CT molecular complexity index is 157. The predicted octanol–water partition coefficient (Wildman–Crippen LogP) is 5.37. The average molecular weight is 466 g/mol. The Kier molecular flexibility index (Phi) is 42.9. The van der Waals surface area contributed by atoms with Crippen molar-refractivity contribution < 1.29 is 0 Å². The Labute approximate surface area is 128 Å². The summed E-state index contributed by atoms with van der Waals surface area (Å²) in [5, 5.41) is 0. The van der Waals surface area contributed by atoms with E-state index in [2.05, 4.69) is 0 Å². The molecular formula is C8H15Br4Cl. The van der Waals surface area contributed by atoms with Crippen LogP contribution in [0, 0.1) is 0 Å². The molecule has 1 rings (SSSR count). The summed E-state index contributed by atoms with van der Waals surface area (Å²) < 4.78 is 0. The smallest absolute Gasteiger partial charge is 0.0474 e. The van der Waals surface area contributed by atoms with Gasteiger partial charge in [-0.05, 0) is 5.56 Å². The number of alkyl halides is 1. The quantitative estimate of drug-likeness (QED) is 0.489. The molecule has 0 aliphatic rings. The fourth-order valence-corrected chi connectivity index (χ4v) is 0.745. The van der Waals surface area contributed by atoms with Gasteiger partial charge >= 0.3 is 0 Å². The van der Waals surface area contributed by atoms with E-state index >= 15 is 0 Å². The van der Waals surface area contributed by atoms with Crippen molar-refractivity contribution in [2.45, 2.75) is 13.3 Å². The van der Waals surface area contributed by atoms with Gasteiger partial charge in [0, 0.05) is 5.88 Å². The summed E-state index contributed by atoms with van der Waals surface area (Å²) in [5.41, 5.74) is 1.18. The average Bonchev–Trinajstić information content (AvgIpc) is 1.90. The number of halogens is 5. The third kappa shape index (κ3) is 13.4. The lowest BCUT2D eigenvalue weighted by atomic mass is 10.2. The Balaban J connectivity index is -0.0000000427. The highest BCUT2D eigenvalue weighted by Crippen LogP contribution is 2.00. The molecule has 0 amide bonds. The minimum Gasteiger partial charge on any atom is -0.122 e. The number of rotatable bonds is 1. The molecule has 0 N–H and O–H groups in total. The molecule has 0 bridgehead atoms. The second-order valence-electron chi connectivity index (χ2n) is 1.62. The molecule has 5 heteroatoms. The van der Waals surface area contributed by atoms with E-state index in [1.807, 2.05) is 30.3 Å². The number of hydrogen-bond donors (Lipinski definition) is 0. The first-order valence-electron chi connectivity index (χ1n) is 2.53. The van der Waals surface area contributed by atoms with E-state index in [0.717, 1.165) is 0 Å². The molecule has 0 saturated heterocycles. The fourth-order valence-electron chi connectivity index (χ4n) is 0.567. The monoisotopic (exact) mass is 462 g/mol. The Morgan fingerprint density at radius 3 is 1.46 bits per heavy atom. The van der Waals surface area contributed by atoms with Crippen LogP contribution in [-0.2, 0) is 5.88 Å². The zero-order chi connectivity index (χ0) is 5.82. The normalized spacial score (nSPS) is 5.62. The lowest BCUT2D eigenvalue weighted by Crippen LogP contribution is -1.71. The van der Waals surface area contributed by atoms with Gasteiger partial charge in [-0.2, -0.15) is 0 Å². The summed E-state index contributed by atoms with van der Waals surface area (Å²) in [7, 11) is 0. The van der Waals surface area contributed by atoms with Crippen molar-refractivity contribution in [1.29, 1.82) is 0 Å². The van der Waals surface area contributed by atoms with Gasteiger partial charge in [-0.25, -0.2) is 0 Å². The lowest BCUT2D eigenvalue weighted by molar-refractivity contribution is 1.41. The second-order valence-corrected chi connectivity index (χ2v) is 1.89. The molecule has 0 aliphatic carbocycles. The van der Waals surface area contributed by atoms with Crippen LogP contribution in [0.1, 0.15) is 13.0 Å². The van der Waals surface area contributed by atoms with Gasteiger partial charge in [0.15, 0.2) is 0 Å². The van der Waals surface area contributed by atoms with Crippen molar-refractivity contribution in [1.82, 2.24) is 0 Å². The number of hydrogen-bond acceptors (Lipinski definition) is 0. The lowest BCUT2D eigenvalue weighted by Gasteiger charge is -1.88. The van der Waals surface area contributed by atoms with Crippen molar-refractivity contribution in [3.63, 3.8) is 0 Å². The Morgan fingerprint density at radius 2 is 1.23 bits per heavy atom. The summed E-state index contributed by atoms with van der Waals surface area (Å²) >= 11 is 5.53. The van der Waals surface area contributed by atoms with Gasteiger partial charge in [0.2, 0.25) is 0 Å². The van der Waals surface area contributed by atoms with E-state index in [0.29, 0.717) is 5.88 Å². The summed E-state index contributed by atoms with van der Waals surface area (Å²) in [4.78, 5) is 0. The first-order valence-corrected chi connectivity index (χ1v) is 3.07. The highest BCUT2D eigenvalue weighted by atomic mass is 79.9. The summed E-state index contributed by atoms with van der Waals surface area (Å²) in [6.07, 6.45) is 0. The fraction of sp³-hybridized carbons (Fsp3) is 0.250. The van der Waals surface area contributed by atoms with Crippen LogP contribution in [0.3, 0.4) is 0 Å². The second kappa shape index (κ2) is 19.1. The first kappa shape index (κ1) is 29.3. The Hall–Kier alpha value is 1.43. The molecule has 0 atom stereocenters. The third-order valence-corrected chi connectivity index (χ3v) is 1.31. The van der Waals surface area contributed by atoms with Gasteiger partial charge in [-0.3, -0.25) is 0 Å². The molecule has 0 saturated carbocycles. The van der Waals surface area contributed by atoms with Crippen molar-refractivity contribution in [2.24, 2.45) is 0 Å². The topological polar surface area (TPSA) is 0 Å². The maximum Gasteiger partial charge on any atom is 0.0474 e. The van der Waals surface area contributed by atoms with Crippen LogP contribution in [0.4, 0.5) is 0 Å². The maximum absolute atomic E-state index is 5.53. The van der Waals surface area contributed by atoms with E-state index in [9.17, 15) is 0 Å². The summed E-state index contributed by atoms with van der Waals surface area (Å²) in [6.45, 7) is 0. The molecular weight excluding hydrogens is 451 g/mol. The van der Waals surface area contributed by atoms with Crippen LogP contribution >= 0.6 is 79.5 Å². The molecule has 0 aromatic heterocycles.